The Hall–Kier alpha value is -2.96. The molecule has 4 atom stereocenters. The molecule has 0 spiro atoms. The molecule has 1 aromatic heterocycles. The molecule has 164 valence electrons. The minimum Gasteiger partial charge on any atom is -0.468 e. The number of hydrogen-bond donors (Lipinski definition) is 2. The monoisotopic (exact) mass is 447 g/mol. The highest BCUT2D eigenvalue weighted by molar-refractivity contribution is 7.45. The molecule has 0 bridgehead atoms. The van der Waals surface area contributed by atoms with Crippen LogP contribution in [0.25, 0.3) is 0 Å². The number of nitrogens with one attached hydrogen (secondary N) is 2. The number of carbonyl (C=O) groups is 1. The number of esters is 1. The van der Waals surface area contributed by atoms with Crippen molar-refractivity contribution < 1.29 is 23.3 Å². The Balaban J connectivity index is 1.64. The summed E-state index contributed by atoms with van der Waals surface area (Å²) in [6.07, 6.45) is 6.26. The third kappa shape index (κ3) is 6.26. The number of benzene rings is 1. The predicted molar refractivity (Wildman–Crippen MR) is 112 cm³/mol. The van der Waals surface area contributed by atoms with E-state index in [0.29, 0.717) is 12.2 Å². The van der Waals surface area contributed by atoms with Crippen LogP contribution in [0.2, 0.25) is 0 Å². The van der Waals surface area contributed by atoms with Crippen molar-refractivity contribution in [2.45, 2.75) is 18.8 Å². The summed E-state index contributed by atoms with van der Waals surface area (Å²) in [6, 6.07) is 10.2. The summed E-state index contributed by atoms with van der Waals surface area (Å²) in [7, 11) is -0.399. The van der Waals surface area contributed by atoms with E-state index in [1.54, 1.807) is 12.1 Å². The molecule has 3 rings (SSSR count). The number of aromatic nitrogens is 2. The molecule has 2 N–H and O–H groups in total. The highest BCUT2D eigenvalue weighted by atomic mass is 31.2. The Morgan fingerprint density at radius 2 is 2.13 bits per heavy atom. The second-order valence-electron chi connectivity index (χ2n) is 6.54. The minimum absolute atomic E-state index is 0.0943. The molecule has 10 nitrogen and oxygen atoms in total. The number of terminal acetylenes is 1. The van der Waals surface area contributed by atoms with Gasteiger partial charge in [0.15, 0.2) is 6.23 Å². The van der Waals surface area contributed by atoms with Crippen molar-refractivity contribution >= 4 is 14.5 Å². The average Bonchev–Trinajstić information content (AvgIpc) is 3.19. The molecule has 0 saturated carbocycles. The van der Waals surface area contributed by atoms with Crippen LogP contribution >= 0.6 is 8.53 Å². The number of para-hydroxylation sites is 1. The van der Waals surface area contributed by atoms with Gasteiger partial charge in [-0.2, -0.15) is 0 Å². The van der Waals surface area contributed by atoms with Gasteiger partial charge >= 0.3 is 20.2 Å². The second-order valence-corrected chi connectivity index (χ2v) is 7.81. The first kappa shape index (κ1) is 22.7. The van der Waals surface area contributed by atoms with Crippen LogP contribution in [-0.4, -0.2) is 41.9 Å². The van der Waals surface area contributed by atoms with Gasteiger partial charge in [0, 0.05) is 12.3 Å². The Morgan fingerprint density at radius 3 is 2.81 bits per heavy atom. The molecule has 11 heteroatoms. The molecule has 4 unspecified atom stereocenters. The van der Waals surface area contributed by atoms with E-state index in [0.717, 1.165) is 0 Å². The van der Waals surface area contributed by atoms with Crippen LogP contribution in [0.5, 0.6) is 5.75 Å². The van der Waals surface area contributed by atoms with Gasteiger partial charge in [-0.3, -0.25) is 19.1 Å². The van der Waals surface area contributed by atoms with Crippen molar-refractivity contribution in [1.29, 1.82) is 0 Å². The van der Waals surface area contributed by atoms with Gasteiger partial charge in [-0.05, 0) is 18.6 Å². The molecule has 2 aromatic rings. The zero-order valence-electron chi connectivity index (χ0n) is 16.7. The molecule has 0 radical (unpaired) electrons. The number of carbonyl (C=O) groups excluding carboxylic acids is 1. The average molecular weight is 447 g/mol. The van der Waals surface area contributed by atoms with E-state index in [-0.39, 0.29) is 19.1 Å². The molecule has 1 fully saturated rings. The second kappa shape index (κ2) is 10.9. The maximum Gasteiger partial charge on any atom is 0.330 e. The largest absolute Gasteiger partial charge is 0.468 e. The number of H-pyrrole nitrogens is 1. The zero-order chi connectivity index (χ0) is 22.2. The summed E-state index contributed by atoms with van der Waals surface area (Å²) < 4.78 is 23.5. The van der Waals surface area contributed by atoms with Crippen molar-refractivity contribution in [2.75, 3.05) is 20.3 Å². The number of ether oxygens (including phenoxy) is 2. The Labute approximate surface area is 179 Å². The smallest absolute Gasteiger partial charge is 0.330 e. The Morgan fingerprint density at radius 1 is 1.35 bits per heavy atom. The fourth-order valence-corrected chi connectivity index (χ4v) is 4.01. The maximum absolute atomic E-state index is 12.1. The first-order chi connectivity index (χ1) is 15.0. The number of methoxy groups -OCH3 is 1. The molecule has 0 amide bonds. The number of aromatic amines is 1. The van der Waals surface area contributed by atoms with E-state index < -0.39 is 38.1 Å². The van der Waals surface area contributed by atoms with Crippen molar-refractivity contribution in [3.05, 3.63) is 63.4 Å². The van der Waals surface area contributed by atoms with E-state index in [1.165, 1.54) is 23.9 Å². The summed E-state index contributed by atoms with van der Waals surface area (Å²) in [4.78, 5) is 37.1. The van der Waals surface area contributed by atoms with Crippen molar-refractivity contribution in [2.24, 2.45) is 5.92 Å². The van der Waals surface area contributed by atoms with Gasteiger partial charge in [0.25, 0.3) is 5.56 Å². The summed E-state index contributed by atoms with van der Waals surface area (Å²) >= 11 is 0. The molecule has 1 aliphatic rings. The Kier molecular flexibility index (Phi) is 7.98. The summed E-state index contributed by atoms with van der Waals surface area (Å²) in [5, 5.41) is 2.88. The summed E-state index contributed by atoms with van der Waals surface area (Å²) in [6.45, 7) is 0.0163. The van der Waals surface area contributed by atoms with Gasteiger partial charge in [-0.25, -0.2) is 9.88 Å². The summed E-state index contributed by atoms with van der Waals surface area (Å²) in [5.41, 5.74) is -1.11. The van der Waals surface area contributed by atoms with Crippen LogP contribution in [0.15, 0.2) is 52.2 Å². The lowest BCUT2D eigenvalue weighted by atomic mass is 10.0. The number of nitrogens with zero attached hydrogens (tertiary/aromatic N) is 1. The quantitative estimate of drug-likeness (QED) is 0.334. The third-order valence-corrected chi connectivity index (χ3v) is 5.60. The lowest BCUT2D eigenvalue weighted by Gasteiger charge is -2.20. The van der Waals surface area contributed by atoms with E-state index in [4.69, 9.17) is 20.2 Å². The van der Waals surface area contributed by atoms with Gasteiger partial charge in [0.05, 0.1) is 25.7 Å². The highest BCUT2D eigenvalue weighted by Gasteiger charge is 2.36. The van der Waals surface area contributed by atoms with E-state index in [2.05, 4.69) is 20.7 Å². The van der Waals surface area contributed by atoms with Crippen LogP contribution < -0.4 is 20.9 Å². The van der Waals surface area contributed by atoms with Crippen LogP contribution in [0.4, 0.5) is 0 Å². The third-order valence-electron chi connectivity index (χ3n) is 4.42. The van der Waals surface area contributed by atoms with Crippen LogP contribution in [-0.2, 0) is 18.8 Å². The van der Waals surface area contributed by atoms with Gasteiger partial charge in [0.1, 0.15) is 12.3 Å². The van der Waals surface area contributed by atoms with E-state index in [9.17, 15) is 14.4 Å². The normalized spacial score (nSPS) is 21.2. The number of rotatable bonds is 9. The van der Waals surface area contributed by atoms with Crippen LogP contribution in [0, 0.1) is 18.3 Å². The van der Waals surface area contributed by atoms with E-state index in [1.807, 2.05) is 18.2 Å². The topological polar surface area (TPSA) is 121 Å². The maximum atomic E-state index is 12.1. The molecule has 2 heterocycles. The molecule has 1 saturated heterocycles. The van der Waals surface area contributed by atoms with Gasteiger partial charge in [0.2, 0.25) is 0 Å². The molecule has 1 aliphatic heterocycles. The molecule has 1 aromatic carbocycles. The first-order valence-corrected chi connectivity index (χ1v) is 10.6. The highest BCUT2D eigenvalue weighted by Crippen LogP contribution is 2.38. The Bertz CT molecular complexity index is 1030. The van der Waals surface area contributed by atoms with Crippen molar-refractivity contribution in [3.63, 3.8) is 0 Å². The van der Waals surface area contributed by atoms with Crippen LogP contribution in [0.3, 0.4) is 0 Å². The van der Waals surface area contributed by atoms with E-state index >= 15 is 0 Å². The first-order valence-electron chi connectivity index (χ1n) is 9.39. The lowest BCUT2D eigenvalue weighted by molar-refractivity contribution is -0.139. The molecule has 31 heavy (non-hydrogen) atoms. The van der Waals surface area contributed by atoms with Crippen LogP contribution in [0.1, 0.15) is 12.6 Å². The number of hydrogen-bond acceptors (Lipinski definition) is 8. The SMILES string of the molecule is C#CC1CC(COP(NCC(=O)OC)Oc2ccccc2)OC1n1ccc(=O)[nH]c1=O. The molecular weight excluding hydrogens is 425 g/mol. The standard InChI is InChI=1S/C20H22N3O7P/c1-3-14-11-16(29-19(14)23-10-9-17(24)22-20(23)26)13-28-31(21-12-18(25)27-2)30-15-7-5-4-6-8-15/h1,4-10,14,16,19,21H,11-13H2,2H3,(H,22,24,26). The van der Waals surface area contributed by atoms with Gasteiger partial charge < -0.3 is 18.5 Å². The fraction of sp³-hybridized carbons (Fsp3) is 0.350. The predicted octanol–water partition coefficient (Wildman–Crippen LogP) is 1.16. The van der Waals surface area contributed by atoms with Gasteiger partial charge in [-0.15, -0.1) is 6.42 Å². The van der Waals surface area contributed by atoms with Crippen molar-refractivity contribution in [3.8, 4) is 18.1 Å². The molecule has 0 aliphatic carbocycles. The lowest BCUT2D eigenvalue weighted by Crippen LogP contribution is -2.33. The minimum atomic E-state index is -1.69. The zero-order valence-corrected chi connectivity index (χ0v) is 17.6. The van der Waals surface area contributed by atoms with Gasteiger partial charge in [-0.1, -0.05) is 24.1 Å². The fourth-order valence-electron chi connectivity index (χ4n) is 2.93. The van der Waals surface area contributed by atoms with Crippen molar-refractivity contribution in [1.82, 2.24) is 14.6 Å². The molecular formula is C20H22N3O7P. The summed E-state index contributed by atoms with van der Waals surface area (Å²) in [5.74, 6) is 2.34.